The van der Waals surface area contributed by atoms with Crippen LogP contribution in [0.1, 0.15) is 16.3 Å². The summed E-state index contributed by atoms with van der Waals surface area (Å²) in [5, 5.41) is 5.01. The first-order valence-electron chi connectivity index (χ1n) is 8.91. The molecule has 1 aromatic heterocycles. The second-order valence-electron chi connectivity index (χ2n) is 6.74. The second kappa shape index (κ2) is 9.00. The van der Waals surface area contributed by atoms with Gasteiger partial charge in [-0.05, 0) is 31.2 Å². The Morgan fingerprint density at radius 2 is 1.83 bits per heavy atom. The molecule has 3 rings (SSSR count). The van der Waals surface area contributed by atoms with E-state index >= 15 is 0 Å². The summed E-state index contributed by atoms with van der Waals surface area (Å²) in [5.74, 6) is -1.14. The third-order valence-corrected chi connectivity index (χ3v) is 4.94. The molecule has 8 heteroatoms. The predicted octanol–water partition coefficient (Wildman–Crippen LogP) is 4.56. The van der Waals surface area contributed by atoms with Crippen molar-refractivity contribution in [3.63, 3.8) is 0 Å². The van der Waals surface area contributed by atoms with Crippen LogP contribution in [-0.2, 0) is 17.8 Å². The molecule has 0 fully saturated rings. The topological polar surface area (TPSA) is 54.5 Å². The van der Waals surface area contributed by atoms with Crippen LogP contribution in [0.15, 0.2) is 41.8 Å². The fraction of sp³-hybridized carbons (Fsp3) is 0.238. The Balaban J connectivity index is 1.57. The van der Waals surface area contributed by atoms with Gasteiger partial charge in [-0.25, -0.2) is 13.8 Å². The van der Waals surface area contributed by atoms with Gasteiger partial charge in [-0.15, -0.1) is 11.3 Å². The molecule has 0 atom stereocenters. The Labute approximate surface area is 172 Å². The lowest BCUT2D eigenvalue weighted by molar-refractivity contribution is -0.115. The monoisotopic (exact) mass is 417 g/mol. The number of nitrogens with zero attached hydrogens (tertiary/aromatic N) is 2. The van der Waals surface area contributed by atoms with E-state index in [0.29, 0.717) is 12.3 Å². The molecule has 0 unspecified atom stereocenters. The molecule has 1 N–H and O–H groups in total. The summed E-state index contributed by atoms with van der Waals surface area (Å²) >= 11 is 1.39. The molecular formula is C21H21F2N3O2S. The minimum absolute atomic E-state index is 0.000296. The molecule has 3 aromatic rings. The lowest BCUT2D eigenvalue weighted by Crippen LogP contribution is -2.17. The second-order valence-corrected chi connectivity index (χ2v) is 7.68. The number of anilines is 2. The van der Waals surface area contributed by atoms with Crippen molar-refractivity contribution >= 4 is 28.6 Å². The van der Waals surface area contributed by atoms with Crippen LogP contribution in [0.3, 0.4) is 0 Å². The molecule has 0 saturated carbocycles. The van der Waals surface area contributed by atoms with Crippen molar-refractivity contribution in [1.82, 2.24) is 4.98 Å². The van der Waals surface area contributed by atoms with E-state index in [9.17, 15) is 13.6 Å². The number of benzene rings is 2. The fourth-order valence-corrected chi connectivity index (χ4v) is 3.42. The van der Waals surface area contributed by atoms with Gasteiger partial charge in [0.25, 0.3) is 0 Å². The molecule has 2 aromatic carbocycles. The Kier molecular flexibility index (Phi) is 6.43. The van der Waals surface area contributed by atoms with Crippen molar-refractivity contribution in [2.24, 2.45) is 0 Å². The number of amides is 1. The van der Waals surface area contributed by atoms with Gasteiger partial charge >= 0.3 is 0 Å². The molecular weight excluding hydrogens is 396 g/mol. The summed E-state index contributed by atoms with van der Waals surface area (Å²) in [6, 6.07) is 9.89. The van der Waals surface area contributed by atoms with E-state index in [4.69, 9.17) is 4.74 Å². The lowest BCUT2D eigenvalue weighted by atomic mass is 10.2. The van der Waals surface area contributed by atoms with E-state index in [1.54, 1.807) is 19.5 Å². The summed E-state index contributed by atoms with van der Waals surface area (Å²) in [6.45, 7) is 2.30. The van der Waals surface area contributed by atoms with Gasteiger partial charge in [-0.1, -0.05) is 17.7 Å². The molecule has 0 bridgehead atoms. The highest BCUT2D eigenvalue weighted by atomic mass is 32.1. The number of nitrogens with one attached hydrogen (secondary N) is 1. The van der Waals surface area contributed by atoms with E-state index in [1.807, 2.05) is 31.2 Å². The highest BCUT2D eigenvalue weighted by molar-refractivity contribution is 7.09. The molecule has 0 saturated heterocycles. The third kappa shape index (κ3) is 5.51. The van der Waals surface area contributed by atoms with Gasteiger partial charge in [-0.2, -0.15) is 0 Å². The molecule has 0 radical (unpaired) electrons. The Morgan fingerprint density at radius 3 is 2.45 bits per heavy atom. The van der Waals surface area contributed by atoms with Crippen LogP contribution in [0.2, 0.25) is 0 Å². The first kappa shape index (κ1) is 20.7. The van der Waals surface area contributed by atoms with Crippen LogP contribution in [0.5, 0.6) is 5.75 Å². The first-order chi connectivity index (χ1) is 13.8. The van der Waals surface area contributed by atoms with Crippen molar-refractivity contribution in [1.29, 1.82) is 0 Å². The standard InChI is InChI=1S/C21H21F2N3O2S/c1-13-4-6-16(7-5-13)28-11-20-25-15(12-29-20)10-19(27)24-14-8-17(22)21(26(2)3)18(23)9-14/h4-9,12H,10-11H2,1-3H3,(H,24,27). The Hall–Kier alpha value is -3.00. The van der Waals surface area contributed by atoms with Gasteiger partial charge in [-0.3, -0.25) is 4.79 Å². The average Bonchev–Trinajstić information content (AvgIpc) is 3.07. The van der Waals surface area contributed by atoms with Crippen molar-refractivity contribution in [2.45, 2.75) is 20.0 Å². The summed E-state index contributed by atoms with van der Waals surface area (Å²) in [7, 11) is 3.09. The first-order valence-corrected chi connectivity index (χ1v) is 9.79. The molecule has 0 aliphatic carbocycles. The molecule has 0 spiro atoms. The summed E-state index contributed by atoms with van der Waals surface area (Å²) in [5.41, 5.74) is 1.63. The zero-order chi connectivity index (χ0) is 21.0. The Morgan fingerprint density at radius 1 is 1.17 bits per heavy atom. The number of ether oxygens (including phenoxy) is 1. The molecule has 5 nitrogen and oxygen atoms in total. The van der Waals surface area contributed by atoms with Gasteiger partial charge in [0.05, 0.1) is 12.1 Å². The van der Waals surface area contributed by atoms with Crippen LogP contribution in [0.4, 0.5) is 20.2 Å². The fourth-order valence-electron chi connectivity index (χ4n) is 2.71. The summed E-state index contributed by atoms with van der Waals surface area (Å²) in [6.07, 6.45) is -0.000296. The van der Waals surface area contributed by atoms with Crippen molar-refractivity contribution < 1.29 is 18.3 Å². The molecule has 29 heavy (non-hydrogen) atoms. The zero-order valence-corrected chi connectivity index (χ0v) is 17.1. The molecule has 1 amide bonds. The number of aryl methyl sites for hydroxylation is 1. The molecule has 152 valence electrons. The number of hydrogen-bond donors (Lipinski definition) is 1. The minimum atomic E-state index is -0.741. The van der Waals surface area contributed by atoms with Crippen molar-refractivity contribution in [2.75, 3.05) is 24.3 Å². The summed E-state index contributed by atoms with van der Waals surface area (Å²) < 4.78 is 33.7. The van der Waals surface area contributed by atoms with Crippen LogP contribution in [0, 0.1) is 18.6 Å². The average molecular weight is 417 g/mol. The van der Waals surface area contributed by atoms with Gasteiger partial charge in [0.2, 0.25) is 5.91 Å². The number of carbonyl (C=O) groups is 1. The third-order valence-electron chi connectivity index (χ3n) is 4.07. The maximum absolute atomic E-state index is 14.0. The summed E-state index contributed by atoms with van der Waals surface area (Å²) in [4.78, 5) is 17.9. The number of aromatic nitrogens is 1. The van der Waals surface area contributed by atoms with E-state index in [2.05, 4.69) is 10.3 Å². The number of hydrogen-bond acceptors (Lipinski definition) is 5. The van der Waals surface area contributed by atoms with E-state index in [0.717, 1.165) is 28.5 Å². The number of halogens is 2. The SMILES string of the molecule is Cc1ccc(OCc2nc(CC(=O)Nc3cc(F)c(N(C)C)c(F)c3)cs2)cc1. The Bertz CT molecular complexity index is 980. The highest BCUT2D eigenvalue weighted by Gasteiger charge is 2.15. The molecule has 0 aliphatic heterocycles. The normalized spacial score (nSPS) is 10.7. The highest BCUT2D eigenvalue weighted by Crippen LogP contribution is 2.25. The maximum atomic E-state index is 14.0. The van der Waals surface area contributed by atoms with Gasteiger partial charge in [0, 0.05) is 25.2 Å². The minimum Gasteiger partial charge on any atom is -0.486 e. The van der Waals surface area contributed by atoms with Gasteiger partial charge in [0.1, 0.15) is 23.1 Å². The van der Waals surface area contributed by atoms with Crippen molar-refractivity contribution in [3.8, 4) is 5.75 Å². The molecule has 0 aliphatic rings. The van der Waals surface area contributed by atoms with Gasteiger partial charge < -0.3 is 15.0 Å². The van der Waals surface area contributed by atoms with Crippen LogP contribution in [0.25, 0.3) is 0 Å². The number of carbonyl (C=O) groups excluding carboxylic acids is 1. The van der Waals surface area contributed by atoms with Gasteiger partial charge in [0.15, 0.2) is 11.6 Å². The predicted molar refractivity (Wildman–Crippen MR) is 111 cm³/mol. The van der Waals surface area contributed by atoms with E-state index < -0.39 is 17.5 Å². The smallest absolute Gasteiger partial charge is 0.230 e. The maximum Gasteiger partial charge on any atom is 0.230 e. The lowest BCUT2D eigenvalue weighted by Gasteiger charge is -2.15. The van der Waals surface area contributed by atoms with Crippen molar-refractivity contribution in [3.05, 3.63) is 69.7 Å². The quantitative estimate of drug-likeness (QED) is 0.613. The number of rotatable bonds is 7. The van der Waals surface area contributed by atoms with Crippen LogP contribution in [-0.4, -0.2) is 25.0 Å². The van der Waals surface area contributed by atoms with Crippen LogP contribution >= 0.6 is 11.3 Å². The largest absolute Gasteiger partial charge is 0.486 e. The van der Waals surface area contributed by atoms with E-state index in [1.165, 1.54) is 16.2 Å². The zero-order valence-electron chi connectivity index (χ0n) is 16.3. The van der Waals surface area contributed by atoms with E-state index in [-0.39, 0.29) is 17.8 Å². The number of thiazole rings is 1. The van der Waals surface area contributed by atoms with Crippen LogP contribution < -0.4 is 15.0 Å². The molecule has 1 heterocycles.